The topological polar surface area (TPSA) is 87.7 Å². The Hall–Kier alpha value is -1.81. The Labute approximate surface area is 102 Å². The first-order chi connectivity index (χ1) is 8.29. The molecular weight excluding hydrogens is 277 g/mol. The van der Waals surface area contributed by atoms with E-state index in [0.29, 0.717) is 0 Å². The van der Waals surface area contributed by atoms with E-state index in [9.17, 15) is 22.8 Å². The summed E-state index contributed by atoms with van der Waals surface area (Å²) < 4.78 is 35.0. The number of amides is 2. The lowest BCUT2D eigenvalue weighted by atomic mass is 10.3. The van der Waals surface area contributed by atoms with Crippen LogP contribution in [0.4, 0.5) is 23.0 Å². The maximum Gasteiger partial charge on any atom is 0.414 e. The fourth-order valence-electron chi connectivity index (χ4n) is 0.887. The number of anilines is 1. The number of alkyl halides is 3. The van der Waals surface area contributed by atoms with Crippen LogP contribution in [0.25, 0.3) is 0 Å². The Bertz CT molecular complexity index is 446. The van der Waals surface area contributed by atoms with Crippen molar-refractivity contribution in [2.75, 3.05) is 11.9 Å². The molecule has 0 spiro atoms. The molecule has 1 heterocycles. The van der Waals surface area contributed by atoms with Crippen LogP contribution in [0.2, 0.25) is 0 Å². The van der Waals surface area contributed by atoms with Crippen molar-refractivity contribution in [3.8, 4) is 0 Å². The summed E-state index contributed by atoms with van der Waals surface area (Å²) in [5.41, 5.74) is 1.33. The van der Waals surface area contributed by atoms with Crippen molar-refractivity contribution >= 4 is 28.3 Å². The van der Waals surface area contributed by atoms with Crippen LogP contribution in [0.15, 0.2) is 11.4 Å². The molecule has 0 atom stereocenters. The predicted molar refractivity (Wildman–Crippen MR) is 55.4 cm³/mol. The smallest absolute Gasteiger partial charge is 0.414 e. The zero-order valence-electron chi connectivity index (χ0n) is 8.58. The van der Waals surface area contributed by atoms with Crippen molar-refractivity contribution in [3.63, 3.8) is 0 Å². The molecular formula is C8H7F3N2O4S. The summed E-state index contributed by atoms with van der Waals surface area (Å²) in [4.78, 5) is 25.6. The van der Waals surface area contributed by atoms with Gasteiger partial charge in [-0.05, 0) is 11.4 Å². The van der Waals surface area contributed by atoms with Crippen molar-refractivity contribution in [2.45, 2.75) is 6.18 Å². The summed E-state index contributed by atoms with van der Waals surface area (Å²) in [5.74, 6) is -1.26. The molecule has 0 bridgehead atoms. The summed E-state index contributed by atoms with van der Waals surface area (Å²) in [6.45, 7) is -1.64. The fraction of sp³-hybridized carbons (Fsp3) is 0.250. The van der Waals surface area contributed by atoms with Gasteiger partial charge in [-0.2, -0.15) is 13.2 Å². The standard InChI is InChI=1S/C8H7F3N2O4S/c9-8(10,11)3-17-13-7(16)12-5-4(6(14)15)1-2-18-5/h1-2H,3H2,(H,14,15)(H2,12,13,16). The second-order valence-electron chi connectivity index (χ2n) is 2.93. The molecule has 0 aromatic carbocycles. The van der Waals surface area contributed by atoms with Gasteiger partial charge in [0.05, 0.1) is 5.56 Å². The van der Waals surface area contributed by atoms with E-state index in [1.165, 1.54) is 16.9 Å². The molecule has 3 N–H and O–H groups in total. The normalized spacial score (nSPS) is 11.1. The zero-order valence-corrected chi connectivity index (χ0v) is 9.39. The summed E-state index contributed by atoms with van der Waals surface area (Å²) >= 11 is 0.915. The number of halogens is 3. The molecule has 0 fully saturated rings. The molecule has 1 rings (SSSR count). The van der Waals surface area contributed by atoms with Gasteiger partial charge in [0.25, 0.3) is 0 Å². The van der Waals surface area contributed by atoms with E-state index in [1.807, 2.05) is 0 Å². The maximum absolute atomic E-state index is 11.7. The third-order valence-corrected chi connectivity index (χ3v) is 2.35. The van der Waals surface area contributed by atoms with E-state index in [2.05, 4.69) is 10.2 Å². The number of hydroxylamine groups is 1. The van der Waals surface area contributed by atoms with E-state index in [4.69, 9.17) is 5.11 Å². The second-order valence-corrected chi connectivity index (χ2v) is 3.84. The third kappa shape index (κ3) is 4.59. The number of hydrogen-bond donors (Lipinski definition) is 3. The number of carbonyl (C=O) groups excluding carboxylic acids is 1. The number of carbonyl (C=O) groups is 2. The number of carboxylic acids is 1. The number of rotatable bonds is 4. The lowest BCUT2D eigenvalue weighted by molar-refractivity contribution is -0.183. The van der Waals surface area contributed by atoms with Crippen LogP contribution < -0.4 is 10.8 Å². The fourth-order valence-corrected chi connectivity index (χ4v) is 1.66. The molecule has 0 aliphatic rings. The van der Waals surface area contributed by atoms with Gasteiger partial charge in [-0.1, -0.05) is 0 Å². The van der Waals surface area contributed by atoms with E-state index >= 15 is 0 Å². The lowest BCUT2D eigenvalue weighted by Crippen LogP contribution is -2.32. The van der Waals surface area contributed by atoms with Crippen molar-refractivity contribution in [2.24, 2.45) is 0 Å². The number of carboxylic acid groups (broad SMARTS) is 1. The zero-order chi connectivity index (χ0) is 13.8. The first-order valence-electron chi connectivity index (χ1n) is 4.36. The van der Waals surface area contributed by atoms with Crippen LogP contribution >= 0.6 is 11.3 Å². The molecule has 0 aliphatic carbocycles. The lowest BCUT2D eigenvalue weighted by Gasteiger charge is -2.08. The largest absolute Gasteiger partial charge is 0.478 e. The molecule has 100 valence electrons. The quantitative estimate of drug-likeness (QED) is 0.738. The van der Waals surface area contributed by atoms with E-state index < -0.39 is 24.8 Å². The average Bonchev–Trinajstić information content (AvgIpc) is 2.63. The average molecular weight is 284 g/mol. The van der Waals surface area contributed by atoms with Crippen LogP contribution in [-0.4, -0.2) is 29.9 Å². The summed E-state index contributed by atoms with van der Waals surface area (Å²) in [6.07, 6.45) is -4.57. The number of aromatic carboxylic acids is 1. The first kappa shape index (κ1) is 14.3. The van der Waals surface area contributed by atoms with Crippen LogP contribution in [0.5, 0.6) is 0 Å². The van der Waals surface area contributed by atoms with Gasteiger partial charge in [0, 0.05) is 0 Å². The van der Waals surface area contributed by atoms with Gasteiger partial charge >= 0.3 is 18.2 Å². The monoisotopic (exact) mass is 284 g/mol. The molecule has 2 amide bonds. The highest BCUT2D eigenvalue weighted by Gasteiger charge is 2.28. The first-order valence-corrected chi connectivity index (χ1v) is 5.24. The van der Waals surface area contributed by atoms with Crippen molar-refractivity contribution in [1.29, 1.82) is 0 Å². The molecule has 0 aliphatic heterocycles. The molecule has 1 aromatic rings. The van der Waals surface area contributed by atoms with Gasteiger partial charge in [0.15, 0.2) is 6.61 Å². The predicted octanol–water partition coefficient (Wildman–Crippen LogP) is 2.06. The molecule has 1 aromatic heterocycles. The van der Waals surface area contributed by atoms with Crippen molar-refractivity contribution < 1.29 is 32.7 Å². The number of urea groups is 1. The molecule has 6 nitrogen and oxygen atoms in total. The van der Waals surface area contributed by atoms with Gasteiger partial charge < -0.3 is 5.11 Å². The molecule has 18 heavy (non-hydrogen) atoms. The Balaban J connectivity index is 2.45. The molecule has 10 heteroatoms. The van der Waals surface area contributed by atoms with Gasteiger partial charge in [-0.15, -0.1) is 11.3 Å². The minimum atomic E-state index is -4.57. The Morgan fingerprint density at radius 1 is 1.44 bits per heavy atom. The Morgan fingerprint density at radius 2 is 2.11 bits per heavy atom. The van der Waals surface area contributed by atoms with Gasteiger partial charge in [0.1, 0.15) is 5.00 Å². The van der Waals surface area contributed by atoms with E-state index in [-0.39, 0.29) is 10.6 Å². The Morgan fingerprint density at radius 3 is 2.67 bits per heavy atom. The van der Waals surface area contributed by atoms with Crippen LogP contribution in [-0.2, 0) is 4.84 Å². The van der Waals surface area contributed by atoms with Crippen LogP contribution in [0.3, 0.4) is 0 Å². The minimum absolute atomic E-state index is 0.00407. The van der Waals surface area contributed by atoms with E-state index in [1.54, 1.807) is 0 Å². The van der Waals surface area contributed by atoms with Gasteiger partial charge in [0.2, 0.25) is 0 Å². The maximum atomic E-state index is 11.7. The molecule has 0 saturated carbocycles. The second kappa shape index (κ2) is 5.69. The highest BCUT2D eigenvalue weighted by Crippen LogP contribution is 2.22. The molecule has 0 radical (unpaired) electrons. The SMILES string of the molecule is O=C(NOCC(F)(F)F)Nc1sccc1C(=O)O. The molecule has 0 saturated heterocycles. The highest BCUT2D eigenvalue weighted by molar-refractivity contribution is 7.14. The van der Waals surface area contributed by atoms with Crippen molar-refractivity contribution in [3.05, 3.63) is 17.0 Å². The Kier molecular flexibility index (Phi) is 4.50. The van der Waals surface area contributed by atoms with Gasteiger partial charge in [-0.3, -0.25) is 10.2 Å². The minimum Gasteiger partial charge on any atom is -0.478 e. The molecule has 0 unspecified atom stereocenters. The highest BCUT2D eigenvalue weighted by atomic mass is 32.1. The van der Waals surface area contributed by atoms with Crippen LogP contribution in [0, 0.1) is 0 Å². The number of thiophene rings is 1. The number of nitrogens with one attached hydrogen (secondary N) is 2. The van der Waals surface area contributed by atoms with Gasteiger partial charge in [-0.25, -0.2) is 15.1 Å². The van der Waals surface area contributed by atoms with Crippen LogP contribution in [0.1, 0.15) is 10.4 Å². The summed E-state index contributed by atoms with van der Waals surface area (Å²) in [7, 11) is 0. The van der Waals surface area contributed by atoms with E-state index in [0.717, 1.165) is 11.3 Å². The number of hydrogen-bond acceptors (Lipinski definition) is 4. The third-order valence-electron chi connectivity index (χ3n) is 1.52. The summed E-state index contributed by atoms with van der Waals surface area (Å²) in [5, 5.41) is 12.2. The van der Waals surface area contributed by atoms with Crippen molar-refractivity contribution in [1.82, 2.24) is 5.48 Å². The summed E-state index contributed by atoms with van der Waals surface area (Å²) in [6, 6.07) is 0.156.